The highest BCUT2D eigenvalue weighted by atomic mass is 32.2. The van der Waals surface area contributed by atoms with Crippen molar-refractivity contribution in [2.24, 2.45) is 0 Å². The minimum Gasteiger partial charge on any atom is -0.326 e. The van der Waals surface area contributed by atoms with E-state index in [1.807, 2.05) is 26.0 Å². The van der Waals surface area contributed by atoms with Gasteiger partial charge in [-0.05, 0) is 50.1 Å². The summed E-state index contributed by atoms with van der Waals surface area (Å²) in [6.45, 7) is 6.99. The van der Waals surface area contributed by atoms with E-state index in [9.17, 15) is 13.2 Å². The number of hydrogen-bond donors (Lipinski definition) is 2. The lowest BCUT2D eigenvalue weighted by Crippen LogP contribution is -2.15. The van der Waals surface area contributed by atoms with Crippen LogP contribution in [-0.2, 0) is 14.8 Å². The van der Waals surface area contributed by atoms with E-state index in [1.165, 1.54) is 19.1 Å². The molecule has 6 heteroatoms. The lowest BCUT2D eigenvalue weighted by molar-refractivity contribution is -0.114. The number of carbonyl (C=O) groups excluding carboxylic acids is 1. The normalized spacial score (nSPS) is 11.1. The maximum absolute atomic E-state index is 12.6. The second-order valence-corrected chi connectivity index (χ2v) is 7.26. The van der Waals surface area contributed by atoms with Crippen molar-refractivity contribution in [3.8, 4) is 0 Å². The van der Waals surface area contributed by atoms with E-state index >= 15 is 0 Å². The van der Waals surface area contributed by atoms with Crippen LogP contribution in [0, 0.1) is 20.8 Å². The van der Waals surface area contributed by atoms with Crippen LogP contribution in [0.1, 0.15) is 23.6 Å². The van der Waals surface area contributed by atoms with Gasteiger partial charge in [-0.3, -0.25) is 9.52 Å². The van der Waals surface area contributed by atoms with Gasteiger partial charge in [0.25, 0.3) is 10.0 Å². The second kappa shape index (κ2) is 6.42. The first kappa shape index (κ1) is 17.0. The van der Waals surface area contributed by atoms with E-state index in [0.29, 0.717) is 11.4 Å². The average Bonchev–Trinajstić information content (AvgIpc) is 2.43. The van der Waals surface area contributed by atoms with E-state index in [0.717, 1.165) is 16.7 Å². The first-order valence-corrected chi connectivity index (χ1v) is 8.65. The summed E-state index contributed by atoms with van der Waals surface area (Å²) in [7, 11) is -3.73. The Balaban J connectivity index is 2.37. The first-order chi connectivity index (χ1) is 10.7. The van der Waals surface area contributed by atoms with E-state index in [1.54, 1.807) is 19.1 Å². The van der Waals surface area contributed by atoms with Gasteiger partial charge in [0.1, 0.15) is 0 Å². The Hall–Kier alpha value is -2.34. The molecule has 0 fully saturated rings. The maximum Gasteiger partial charge on any atom is 0.261 e. The number of amides is 1. The summed E-state index contributed by atoms with van der Waals surface area (Å²) in [5.41, 5.74) is 3.74. The molecule has 2 aromatic carbocycles. The van der Waals surface area contributed by atoms with E-state index in [4.69, 9.17) is 0 Å². The Bertz CT molecular complexity index is 858. The molecule has 0 aliphatic rings. The minimum atomic E-state index is -3.73. The summed E-state index contributed by atoms with van der Waals surface area (Å²) >= 11 is 0. The number of rotatable bonds is 4. The van der Waals surface area contributed by atoms with Crippen molar-refractivity contribution in [1.29, 1.82) is 0 Å². The van der Waals surface area contributed by atoms with Crippen molar-refractivity contribution < 1.29 is 13.2 Å². The van der Waals surface area contributed by atoms with Crippen LogP contribution < -0.4 is 10.0 Å². The molecule has 0 heterocycles. The highest BCUT2D eigenvalue weighted by Gasteiger charge is 2.17. The molecule has 0 saturated heterocycles. The molecule has 0 aromatic heterocycles. The predicted octanol–water partition coefficient (Wildman–Crippen LogP) is 3.37. The van der Waals surface area contributed by atoms with Crippen LogP contribution in [0.2, 0.25) is 0 Å². The predicted molar refractivity (Wildman–Crippen MR) is 92.2 cm³/mol. The van der Waals surface area contributed by atoms with Gasteiger partial charge >= 0.3 is 0 Å². The molecular formula is C17H20N2O3S. The number of anilines is 2. The van der Waals surface area contributed by atoms with Gasteiger partial charge in [0.2, 0.25) is 5.91 Å². The van der Waals surface area contributed by atoms with Gasteiger partial charge in [0, 0.05) is 12.6 Å². The van der Waals surface area contributed by atoms with Gasteiger partial charge in [-0.25, -0.2) is 8.42 Å². The molecule has 122 valence electrons. The molecule has 0 saturated carbocycles. The molecule has 0 unspecified atom stereocenters. The average molecular weight is 332 g/mol. The van der Waals surface area contributed by atoms with Crippen molar-refractivity contribution in [2.45, 2.75) is 32.6 Å². The number of nitrogens with one attached hydrogen (secondary N) is 2. The van der Waals surface area contributed by atoms with Crippen molar-refractivity contribution in [3.63, 3.8) is 0 Å². The molecule has 2 aromatic rings. The number of benzene rings is 2. The number of aryl methyl sites for hydroxylation is 3. The van der Waals surface area contributed by atoms with Crippen molar-refractivity contribution in [1.82, 2.24) is 0 Å². The van der Waals surface area contributed by atoms with Gasteiger partial charge < -0.3 is 5.32 Å². The van der Waals surface area contributed by atoms with Crippen LogP contribution in [0.15, 0.2) is 41.3 Å². The largest absolute Gasteiger partial charge is 0.326 e. The Morgan fingerprint density at radius 3 is 2.22 bits per heavy atom. The number of carbonyl (C=O) groups is 1. The number of sulfonamides is 1. The molecule has 2 rings (SSSR count). The fourth-order valence-electron chi connectivity index (χ4n) is 2.22. The molecule has 0 radical (unpaired) electrons. The van der Waals surface area contributed by atoms with Crippen LogP contribution in [0.5, 0.6) is 0 Å². The van der Waals surface area contributed by atoms with Crippen LogP contribution in [0.3, 0.4) is 0 Å². The third-order valence-corrected chi connectivity index (χ3v) is 4.82. The lowest BCUT2D eigenvalue weighted by Gasteiger charge is -2.13. The minimum absolute atomic E-state index is 0.104. The van der Waals surface area contributed by atoms with E-state index in [2.05, 4.69) is 10.0 Å². The van der Waals surface area contributed by atoms with Crippen molar-refractivity contribution in [2.75, 3.05) is 10.0 Å². The van der Waals surface area contributed by atoms with Gasteiger partial charge in [0.05, 0.1) is 10.6 Å². The standard InChI is InChI=1S/C17H20N2O3S/c1-11-5-8-16(13(3)9-11)19-23(21,22)15-7-6-12(2)17(10-15)18-14(4)20/h5-10,19H,1-4H3,(H,18,20). The maximum atomic E-state index is 12.6. The Morgan fingerprint density at radius 2 is 1.61 bits per heavy atom. The van der Waals surface area contributed by atoms with Gasteiger partial charge in [-0.15, -0.1) is 0 Å². The highest BCUT2D eigenvalue weighted by Crippen LogP contribution is 2.24. The molecule has 5 nitrogen and oxygen atoms in total. The Kier molecular flexibility index (Phi) is 4.75. The summed E-state index contributed by atoms with van der Waals surface area (Å²) in [6, 6.07) is 10.2. The molecule has 0 spiro atoms. The van der Waals surface area contributed by atoms with Crippen molar-refractivity contribution >= 4 is 27.3 Å². The van der Waals surface area contributed by atoms with Gasteiger partial charge in [-0.2, -0.15) is 0 Å². The third kappa shape index (κ3) is 4.10. The van der Waals surface area contributed by atoms with Crippen LogP contribution in [-0.4, -0.2) is 14.3 Å². The summed E-state index contributed by atoms with van der Waals surface area (Å²) < 4.78 is 27.7. The Labute approximate surface area is 136 Å². The fourth-order valence-corrected chi connectivity index (χ4v) is 3.38. The number of hydrogen-bond acceptors (Lipinski definition) is 3. The summed E-state index contributed by atoms with van der Waals surface area (Å²) in [6.07, 6.45) is 0. The molecule has 0 atom stereocenters. The van der Waals surface area contributed by atoms with Gasteiger partial charge in [0.15, 0.2) is 0 Å². The van der Waals surface area contributed by atoms with Gasteiger partial charge in [-0.1, -0.05) is 23.8 Å². The monoisotopic (exact) mass is 332 g/mol. The van der Waals surface area contributed by atoms with Crippen LogP contribution >= 0.6 is 0 Å². The second-order valence-electron chi connectivity index (χ2n) is 5.58. The summed E-state index contributed by atoms with van der Waals surface area (Å²) in [4.78, 5) is 11.3. The molecule has 2 N–H and O–H groups in total. The third-order valence-electron chi connectivity index (χ3n) is 3.46. The lowest BCUT2D eigenvalue weighted by atomic mass is 10.1. The zero-order valence-corrected chi connectivity index (χ0v) is 14.4. The van der Waals surface area contributed by atoms with Crippen molar-refractivity contribution in [3.05, 3.63) is 53.1 Å². The topological polar surface area (TPSA) is 75.3 Å². The summed E-state index contributed by atoms with van der Waals surface area (Å²) in [5.74, 6) is -0.245. The molecular weight excluding hydrogens is 312 g/mol. The fraction of sp³-hybridized carbons (Fsp3) is 0.235. The van der Waals surface area contributed by atoms with Crippen LogP contribution in [0.25, 0.3) is 0 Å². The molecule has 0 aliphatic heterocycles. The molecule has 23 heavy (non-hydrogen) atoms. The zero-order chi connectivity index (χ0) is 17.2. The SMILES string of the molecule is CC(=O)Nc1cc(S(=O)(=O)Nc2ccc(C)cc2C)ccc1C. The highest BCUT2D eigenvalue weighted by molar-refractivity contribution is 7.92. The quantitative estimate of drug-likeness (QED) is 0.901. The molecule has 0 bridgehead atoms. The molecule has 0 aliphatic carbocycles. The van der Waals surface area contributed by atoms with E-state index in [-0.39, 0.29) is 10.8 Å². The smallest absolute Gasteiger partial charge is 0.261 e. The first-order valence-electron chi connectivity index (χ1n) is 7.17. The molecule has 1 amide bonds. The summed E-state index contributed by atoms with van der Waals surface area (Å²) in [5, 5.41) is 2.64. The van der Waals surface area contributed by atoms with Crippen LogP contribution in [0.4, 0.5) is 11.4 Å². The Morgan fingerprint density at radius 1 is 0.913 bits per heavy atom. The van der Waals surface area contributed by atoms with E-state index < -0.39 is 10.0 Å². The zero-order valence-electron chi connectivity index (χ0n) is 13.6.